The summed E-state index contributed by atoms with van der Waals surface area (Å²) in [4.78, 5) is -0.477. The largest absolute Gasteiger partial charge is 0.392 e. The van der Waals surface area contributed by atoms with E-state index in [1.165, 1.54) is 0 Å². The van der Waals surface area contributed by atoms with E-state index in [2.05, 4.69) is 0 Å². The van der Waals surface area contributed by atoms with E-state index < -0.39 is 39.0 Å². The van der Waals surface area contributed by atoms with Crippen molar-refractivity contribution >= 4 is 15.7 Å². The van der Waals surface area contributed by atoms with Gasteiger partial charge in [-0.25, -0.2) is 21.6 Å². The normalized spacial score (nSPS) is 11.4. The zero-order chi connectivity index (χ0) is 15.6. The first-order valence-corrected chi connectivity index (χ1v) is 7.19. The van der Waals surface area contributed by atoms with Crippen LogP contribution in [-0.4, -0.2) is 13.5 Å². The fourth-order valence-electron chi connectivity index (χ4n) is 1.68. The van der Waals surface area contributed by atoms with Crippen LogP contribution in [-0.2, 0) is 16.6 Å². The van der Waals surface area contributed by atoms with E-state index in [4.69, 9.17) is 5.11 Å². The minimum atomic E-state index is -4.25. The molecule has 0 aliphatic heterocycles. The molecule has 21 heavy (non-hydrogen) atoms. The van der Waals surface area contributed by atoms with Gasteiger partial charge < -0.3 is 5.11 Å². The van der Waals surface area contributed by atoms with Gasteiger partial charge in [-0.05, 0) is 29.8 Å². The molecule has 2 aromatic rings. The number of benzene rings is 2. The number of rotatable bonds is 4. The molecule has 0 unspecified atom stereocenters. The Bertz CT molecular complexity index is 778. The Morgan fingerprint density at radius 2 is 1.71 bits per heavy atom. The van der Waals surface area contributed by atoms with E-state index in [9.17, 15) is 21.6 Å². The summed E-state index contributed by atoms with van der Waals surface area (Å²) in [5.74, 6) is -3.16. The summed E-state index contributed by atoms with van der Waals surface area (Å²) in [5.41, 5.74) is -0.242. The predicted molar refractivity (Wildman–Crippen MR) is 69.5 cm³/mol. The molecule has 4 nitrogen and oxygen atoms in total. The van der Waals surface area contributed by atoms with Crippen LogP contribution >= 0.6 is 0 Å². The van der Waals surface area contributed by atoms with Crippen LogP contribution in [0.4, 0.5) is 18.9 Å². The molecule has 0 aromatic heterocycles. The second-order valence-electron chi connectivity index (χ2n) is 4.14. The Morgan fingerprint density at radius 3 is 2.33 bits per heavy atom. The summed E-state index contributed by atoms with van der Waals surface area (Å²) >= 11 is 0. The lowest BCUT2D eigenvalue weighted by molar-refractivity contribution is 0.278. The molecule has 0 bridgehead atoms. The van der Waals surface area contributed by atoms with Crippen molar-refractivity contribution in [3.8, 4) is 0 Å². The Hall–Kier alpha value is -2.06. The molecule has 112 valence electrons. The van der Waals surface area contributed by atoms with Crippen LogP contribution in [0.3, 0.4) is 0 Å². The van der Waals surface area contributed by atoms with Crippen LogP contribution in [0.1, 0.15) is 5.56 Å². The SMILES string of the molecule is O=S(=O)(Nc1ccc(F)c(F)c1)c1cc(F)ccc1CO. The summed E-state index contributed by atoms with van der Waals surface area (Å²) in [6.07, 6.45) is 0. The molecule has 2 rings (SSSR count). The van der Waals surface area contributed by atoms with Gasteiger partial charge in [-0.2, -0.15) is 0 Å². The number of hydrogen-bond donors (Lipinski definition) is 2. The summed E-state index contributed by atoms with van der Waals surface area (Å²) in [6.45, 7) is -0.617. The van der Waals surface area contributed by atoms with Crippen LogP contribution in [0.25, 0.3) is 0 Å². The molecule has 0 spiro atoms. The van der Waals surface area contributed by atoms with E-state index in [1.807, 2.05) is 4.72 Å². The van der Waals surface area contributed by atoms with Crippen molar-refractivity contribution in [3.63, 3.8) is 0 Å². The number of halogens is 3. The Labute approximate surface area is 118 Å². The van der Waals surface area contributed by atoms with E-state index in [0.717, 1.165) is 30.3 Å². The molecule has 2 aromatic carbocycles. The first-order chi connectivity index (χ1) is 9.83. The lowest BCUT2D eigenvalue weighted by atomic mass is 10.2. The summed E-state index contributed by atoms with van der Waals surface area (Å²) < 4.78 is 65.3. The predicted octanol–water partition coefficient (Wildman–Crippen LogP) is 2.40. The van der Waals surface area contributed by atoms with Crippen LogP contribution in [0, 0.1) is 17.5 Å². The van der Waals surface area contributed by atoms with Gasteiger partial charge in [0.25, 0.3) is 10.0 Å². The molecule has 0 heterocycles. The quantitative estimate of drug-likeness (QED) is 0.910. The number of aliphatic hydroxyl groups excluding tert-OH is 1. The third-order valence-corrected chi connectivity index (χ3v) is 4.12. The number of aliphatic hydroxyl groups is 1. The summed E-state index contributed by atoms with van der Waals surface area (Å²) in [7, 11) is -4.25. The van der Waals surface area contributed by atoms with Gasteiger partial charge in [0, 0.05) is 6.07 Å². The number of nitrogens with one attached hydrogen (secondary N) is 1. The smallest absolute Gasteiger partial charge is 0.262 e. The topological polar surface area (TPSA) is 66.4 Å². The summed E-state index contributed by atoms with van der Waals surface area (Å²) in [6, 6.07) is 5.29. The van der Waals surface area contributed by atoms with Crippen molar-refractivity contribution < 1.29 is 26.7 Å². The van der Waals surface area contributed by atoms with Gasteiger partial charge in [0.15, 0.2) is 11.6 Å². The first-order valence-electron chi connectivity index (χ1n) is 5.70. The molecule has 0 aliphatic rings. The average molecular weight is 317 g/mol. The molecule has 8 heteroatoms. The van der Waals surface area contributed by atoms with Crippen molar-refractivity contribution in [1.82, 2.24) is 0 Å². The minimum absolute atomic E-state index is 0.0218. The highest BCUT2D eigenvalue weighted by molar-refractivity contribution is 7.92. The van der Waals surface area contributed by atoms with Gasteiger partial charge in [-0.1, -0.05) is 6.07 Å². The summed E-state index contributed by atoms with van der Waals surface area (Å²) in [5, 5.41) is 9.09. The second-order valence-corrected chi connectivity index (χ2v) is 5.80. The van der Waals surface area contributed by atoms with Crippen molar-refractivity contribution in [1.29, 1.82) is 0 Å². The van der Waals surface area contributed by atoms with E-state index in [-0.39, 0.29) is 11.3 Å². The minimum Gasteiger partial charge on any atom is -0.392 e. The van der Waals surface area contributed by atoms with E-state index >= 15 is 0 Å². The zero-order valence-corrected chi connectivity index (χ0v) is 11.3. The van der Waals surface area contributed by atoms with Crippen molar-refractivity contribution in [2.24, 2.45) is 0 Å². The molecule has 0 amide bonds. The van der Waals surface area contributed by atoms with E-state index in [1.54, 1.807) is 0 Å². The van der Waals surface area contributed by atoms with Gasteiger partial charge in [0.1, 0.15) is 5.82 Å². The van der Waals surface area contributed by atoms with Crippen LogP contribution in [0.2, 0.25) is 0 Å². The fourth-order valence-corrected chi connectivity index (χ4v) is 2.97. The fraction of sp³-hybridized carbons (Fsp3) is 0.0769. The highest BCUT2D eigenvalue weighted by atomic mass is 32.2. The maximum absolute atomic E-state index is 13.2. The van der Waals surface area contributed by atoms with Crippen LogP contribution in [0.5, 0.6) is 0 Å². The highest BCUT2D eigenvalue weighted by Gasteiger charge is 2.20. The number of sulfonamides is 1. The van der Waals surface area contributed by atoms with E-state index in [0.29, 0.717) is 6.07 Å². The average Bonchev–Trinajstić information content (AvgIpc) is 2.42. The standard InChI is InChI=1S/C13H10F3NO3S/c14-9-2-1-8(7-18)13(5-9)21(19,20)17-10-3-4-11(15)12(16)6-10/h1-6,17-18H,7H2. The lowest BCUT2D eigenvalue weighted by Crippen LogP contribution is -2.15. The van der Waals surface area contributed by atoms with Crippen LogP contribution < -0.4 is 4.72 Å². The third-order valence-electron chi connectivity index (χ3n) is 2.66. The van der Waals surface area contributed by atoms with Gasteiger partial charge >= 0.3 is 0 Å². The van der Waals surface area contributed by atoms with Gasteiger partial charge in [0.05, 0.1) is 17.2 Å². The molecular weight excluding hydrogens is 307 g/mol. The van der Waals surface area contributed by atoms with Gasteiger partial charge in [-0.15, -0.1) is 0 Å². The first kappa shape index (κ1) is 15.3. The molecule has 0 aliphatic carbocycles. The second kappa shape index (κ2) is 5.74. The van der Waals surface area contributed by atoms with Crippen molar-refractivity contribution in [2.75, 3.05) is 4.72 Å². The monoisotopic (exact) mass is 317 g/mol. The Morgan fingerprint density at radius 1 is 1.00 bits per heavy atom. The molecular formula is C13H10F3NO3S. The van der Waals surface area contributed by atoms with Crippen molar-refractivity contribution in [3.05, 3.63) is 59.4 Å². The number of hydrogen-bond acceptors (Lipinski definition) is 3. The Balaban J connectivity index is 2.42. The molecule has 0 saturated carbocycles. The molecule has 0 fully saturated rings. The lowest BCUT2D eigenvalue weighted by Gasteiger charge is -2.11. The number of anilines is 1. The maximum atomic E-state index is 13.2. The van der Waals surface area contributed by atoms with Gasteiger partial charge in [0.2, 0.25) is 0 Å². The zero-order valence-electron chi connectivity index (χ0n) is 10.5. The maximum Gasteiger partial charge on any atom is 0.262 e. The molecule has 2 N–H and O–H groups in total. The van der Waals surface area contributed by atoms with Crippen molar-refractivity contribution in [2.45, 2.75) is 11.5 Å². The van der Waals surface area contributed by atoms with Gasteiger partial charge in [-0.3, -0.25) is 4.72 Å². The molecule has 0 radical (unpaired) electrons. The highest BCUT2D eigenvalue weighted by Crippen LogP contribution is 2.22. The Kier molecular flexibility index (Phi) is 4.19. The molecule has 0 saturated heterocycles. The third kappa shape index (κ3) is 3.34. The van der Waals surface area contributed by atoms with Crippen LogP contribution in [0.15, 0.2) is 41.3 Å². The molecule has 0 atom stereocenters.